The summed E-state index contributed by atoms with van der Waals surface area (Å²) < 4.78 is 32.7. The lowest BCUT2D eigenvalue weighted by Gasteiger charge is -2.24. The van der Waals surface area contributed by atoms with E-state index in [-0.39, 0.29) is 24.6 Å². The number of allylic oxidation sites excluding steroid dienone is 1. The normalized spacial score (nSPS) is 14.9. The maximum Gasteiger partial charge on any atom is 0.338 e. The number of esters is 1. The van der Waals surface area contributed by atoms with Gasteiger partial charge in [0.05, 0.1) is 35.6 Å². The lowest BCUT2D eigenvalue weighted by molar-refractivity contribution is -0.139. The van der Waals surface area contributed by atoms with Gasteiger partial charge in [0, 0.05) is 5.56 Å². The predicted octanol–water partition coefficient (Wildman–Crippen LogP) is 4.83. The Morgan fingerprint density at radius 3 is 2.54 bits per heavy atom. The van der Waals surface area contributed by atoms with Crippen molar-refractivity contribution in [3.63, 3.8) is 0 Å². The molecule has 7 nitrogen and oxygen atoms in total. The third-order valence-corrected chi connectivity index (χ3v) is 7.72. The quantitative estimate of drug-likeness (QED) is 0.283. The van der Waals surface area contributed by atoms with Crippen LogP contribution >= 0.6 is 11.3 Å². The lowest BCUT2D eigenvalue weighted by atomic mass is 9.95. The molecule has 1 aliphatic rings. The summed E-state index contributed by atoms with van der Waals surface area (Å²) in [5.74, 6) is 0.0531. The Morgan fingerprint density at radius 2 is 1.83 bits per heavy atom. The average molecular weight is 573 g/mol. The van der Waals surface area contributed by atoms with Crippen molar-refractivity contribution in [3.05, 3.63) is 126 Å². The number of hydrogen-bond donors (Lipinski definition) is 0. The summed E-state index contributed by atoms with van der Waals surface area (Å²) in [6.45, 7) is 5.74. The summed E-state index contributed by atoms with van der Waals surface area (Å²) in [6.07, 6.45) is 1.75. The first-order valence-corrected chi connectivity index (χ1v) is 13.9. The fraction of sp³-hybridized carbons (Fsp3) is 0.219. The summed E-state index contributed by atoms with van der Waals surface area (Å²) in [7, 11) is 1.52. The van der Waals surface area contributed by atoms with E-state index in [1.807, 2.05) is 31.2 Å². The second-order valence-electron chi connectivity index (χ2n) is 9.50. The van der Waals surface area contributed by atoms with Crippen molar-refractivity contribution < 1.29 is 23.4 Å². The van der Waals surface area contributed by atoms with E-state index in [0.717, 1.165) is 11.1 Å². The molecule has 0 saturated heterocycles. The summed E-state index contributed by atoms with van der Waals surface area (Å²) in [5, 5.41) is 0. The molecule has 4 aromatic rings. The highest BCUT2D eigenvalue weighted by molar-refractivity contribution is 7.07. The highest BCUT2D eigenvalue weighted by atomic mass is 32.1. The molecule has 41 heavy (non-hydrogen) atoms. The molecule has 210 valence electrons. The molecule has 0 radical (unpaired) electrons. The molecule has 0 bridgehead atoms. The molecule has 5 rings (SSSR count). The van der Waals surface area contributed by atoms with Crippen molar-refractivity contribution in [1.29, 1.82) is 0 Å². The fourth-order valence-electron chi connectivity index (χ4n) is 4.67. The van der Waals surface area contributed by atoms with Crippen LogP contribution in [0.2, 0.25) is 0 Å². The second kappa shape index (κ2) is 11.9. The van der Waals surface area contributed by atoms with Gasteiger partial charge in [-0.05, 0) is 56.2 Å². The van der Waals surface area contributed by atoms with E-state index in [9.17, 15) is 14.0 Å². The van der Waals surface area contributed by atoms with E-state index >= 15 is 0 Å². The number of thiazole rings is 1. The number of carbonyl (C=O) groups excluding carboxylic acids is 1. The zero-order chi connectivity index (χ0) is 29.1. The largest absolute Gasteiger partial charge is 0.493 e. The van der Waals surface area contributed by atoms with Crippen molar-refractivity contribution in [3.8, 4) is 11.5 Å². The summed E-state index contributed by atoms with van der Waals surface area (Å²) in [4.78, 5) is 32.0. The van der Waals surface area contributed by atoms with Crippen molar-refractivity contribution >= 4 is 23.4 Å². The molecular formula is C32H29FN2O5S. The van der Waals surface area contributed by atoms with Crippen molar-refractivity contribution in [2.24, 2.45) is 4.99 Å². The number of ether oxygens (including phenoxy) is 3. The van der Waals surface area contributed by atoms with Gasteiger partial charge in [0.15, 0.2) is 16.3 Å². The first kappa shape index (κ1) is 28.0. The van der Waals surface area contributed by atoms with E-state index < -0.39 is 12.0 Å². The minimum atomic E-state index is -0.670. The number of methoxy groups -OCH3 is 1. The Labute approximate surface area is 240 Å². The first-order valence-electron chi connectivity index (χ1n) is 13.1. The molecule has 0 aliphatic carbocycles. The number of nitrogens with zero attached hydrogens (tertiary/aromatic N) is 2. The molecule has 0 amide bonds. The SMILES string of the molecule is CCOC(=O)C1=C(C)N=c2s/c(=C/c3ccc(OCc4ccccc4F)c(OC)c3)c(=O)n2[C@H]1c1ccc(C)cc1. The maximum absolute atomic E-state index is 14.0. The maximum atomic E-state index is 14.0. The molecule has 0 fully saturated rings. The molecule has 0 N–H and O–H groups in total. The highest BCUT2D eigenvalue weighted by Crippen LogP contribution is 2.31. The van der Waals surface area contributed by atoms with E-state index in [1.165, 1.54) is 24.5 Å². The third-order valence-electron chi connectivity index (χ3n) is 6.74. The second-order valence-corrected chi connectivity index (χ2v) is 10.5. The highest BCUT2D eigenvalue weighted by Gasteiger charge is 2.33. The molecule has 2 heterocycles. The van der Waals surface area contributed by atoms with Gasteiger partial charge in [0.2, 0.25) is 0 Å². The Hall–Kier alpha value is -4.50. The van der Waals surface area contributed by atoms with Crippen molar-refractivity contribution in [2.75, 3.05) is 13.7 Å². The topological polar surface area (TPSA) is 79.1 Å². The lowest BCUT2D eigenvalue weighted by Crippen LogP contribution is -2.39. The number of aromatic nitrogens is 1. The monoisotopic (exact) mass is 572 g/mol. The molecule has 1 aliphatic heterocycles. The van der Waals surface area contributed by atoms with E-state index in [2.05, 4.69) is 4.99 Å². The number of fused-ring (bicyclic) bond motifs is 1. The predicted molar refractivity (Wildman–Crippen MR) is 155 cm³/mol. The number of hydrogen-bond acceptors (Lipinski definition) is 7. The van der Waals surface area contributed by atoms with Crippen LogP contribution in [0.25, 0.3) is 6.08 Å². The molecule has 3 aromatic carbocycles. The first-order chi connectivity index (χ1) is 19.8. The van der Waals surface area contributed by atoms with Crippen LogP contribution in [0.5, 0.6) is 11.5 Å². The average Bonchev–Trinajstić information content (AvgIpc) is 3.26. The van der Waals surface area contributed by atoms with Crippen LogP contribution in [0.1, 0.15) is 42.1 Å². The van der Waals surface area contributed by atoms with Gasteiger partial charge in [-0.15, -0.1) is 0 Å². The summed E-state index contributed by atoms with van der Waals surface area (Å²) >= 11 is 1.24. The molecule has 1 atom stereocenters. The van der Waals surface area contributed by atoms with Crippen molar-refractivity contribution in [2.45, 2.75) is 33.4 Å². The van der Waals surface area contributed by atoms with Crippen LogP contribution in [0, 0.1) is 12.7 Å². The van der Waals surface area contributed by atoms with Crippen LogP contribution in [0.15, 0.2) is 87.8 Å². The molecule has 0 saturated carbocycles. The van der Waals surface area contributed by atoms with E-state index in [0.29, 0.717) is 43.2 Å². The van der Waals surface area contributed by atoms with Gasteiger partial charge in [0.1, 0.15) is 12.4 Å². The Bertz CT molecular complexity index is 1820. The number of aryl methyl sites for hydroxylation is 1. The standard InChI is InChI=1S/C32H29FN2O5S/c1-5-39-31(37)28-20(3)34-32-35(29(28)22-13-10-19(2)11-14-22)30(36)27(41-32)17-21-12-15-25(26(16-21)38-4)40-18-23-8-6-7-9-24(23)33/h6-17,29H,5,18H2,1-4H3/b27-17+/t29-/m0/s1. The molecule has 9 heteroatoms. The zero-order valence-corrected chi connectivity index (χ0v) is 24.0. The van der Waals surface area contributed by atoms with Crippen LogP contribution in [0.3, 0.4) is 0 Å². The smallest absolute Gasteiger partial charge is 0.338 e. The number of carbonyl (C=O) groups is 1. The van der Waals surface area contributed by atoms with Gasteiger partial charge in [-0.3, -0.25) is 9.36 Å². The minimum absolute atomic E-state index is 0.0438. The van der Waals surface area contributed by atoms with Crippen LogP contribution in [-0.4, -0.2) is 24.3 Å². The fourth-order valence-corrected chi connectivity index (χ4v) is 5.72. The van der Waals surface area contributed by atoms with Crippen molar-refractivity contribution in [1.82, 2.24) is 4.57 Å². The molecular weight excluding hydrogens is 543 g/mol. The molecule has 0 unspecified atom stereocenters. The summed E-state index contributed by atoms with van der Waals surface area (Å²) in [5.41, 5.74) is 3.58. The van der Waals surface area contributed by atoms with Crippen LogP contribution in [-0.2, 0) is 16.1 Å². The van der Waals surface area contributed by atoms with Crippen LogP contribution < -0.4 is 24.4 Å². The van der Waals surface area contributed by atoms with Gasteiger partial charge in [0.25, 0.3) is 5.56 Å². The number of benzene rings is 3. The van der Waals surface area contributed by atoms with Gasteiger partial charge >= 0.3 is 5.97 Å². The third kappa shape index (κ3) is 5.71. The van der Waals surface area contributed by atoms with Crippen LogP contribution in [0.4, 0.5) is 4.39 Å². The van der Waals surface area contributed by atoms with Gasteiger partial charge in [-0.25, -0.2) is 14.2 Å². The Kier molecular flexibility index (Phi) is 8.16. The van der Waals surface area contributed by atoms with Gasteiger partial charge in [-0.2, -0.15) is 0 Å². The van der Waals surface area contributed by atoms with Gasteiger partial charge < -0.3 is 14.2 Å². The Balaban J connectivity index is 1.54. The van der Waals surface area contributed by atoms with E-state index in [4.69, 9.17) is 14.2 Å². The minimum Gasteiger partial charge on any atom is -0.493 e. The van der Waals surface area contributed by atoms with Gasteiger partial charge in [-0.1, -0.05) is 65.4 Å². The molecule has 0 spiro atoms. The van der Waals surface area contributed by atoms with E-state index in [1.54, 1.807) is 60.9 Å². The number of halogens is 1. The summed E-state index contributed by atoms with van der Waals surface area (Å²) in [6, 6.07) is 18.8. The Morgan fingerprint density at radius 1 is 1.07 bits per heavy atom. The number of rotatable bonds is 8. The zero-order valence-electron chi connectivity index (χ0n) is 23.1. The molecule has 1 aromatic heterocycles.